The summed E-state index contributed by atoms with van der Waals surface area (Å²) in [6.07, 6.45) is 1.72. The van der Waals surface area contributed by atoms with Crippen LogP contribution in [0.4, 0.5) is 0 Å². The van der Waals surface area contributed by atoms with Crippen molar-refractivity contribution in [3.8, 4) is 0 Å². The second-order valence-corrected chi connectivity index (χ2v) is 3.79. The number of furan rings is 1. The highest BCUT2D eigenvalue weighted by Gasteiger charge is 2.18. The first-order valence-corrected chi connectivity index (χ1v) is 5.04. The molecule has 0 radical (unpaired) electrons. The van der Waals surface area contributed by atoms with Crippen LogP contribution in [0.2, 0.25) is 0 Å². The molecular formula is C13H15NO. The Morgan fingerprint density at radius 2 is 1.73 bits per heavy atom. The SMILES string of the molecule is CN(C)C(c1ccccc1)c1ccco1. The maximum Gasteiger partial charge on any atom is 0.125 e. The van der Waals surface area contributed by atoms with Gasteiger partial charge in [0.2, 0.25) is 0 Å². The number of nitrogens with zero attached hydrogens (tertiary/aromatic N) is 1. The summed E-state index contributed by atoms with van der Waals surface area (Å²) >= 11 is 0. The Morgan fingerprint density at radius 1 is 1.00 bits per heavy atom. The van der Waals surface area contributed by atoms with E-state index in [-0.39, 0.29) is 6.04 Å². The first kappa shape index (κ1) is 9.99. The maximum absolute atomic E-state index is 5.47. The normalized spacial score (nSPS) is 13.0. The van der Waals surface area contributed by atoms with Crippen LogP contribution in [-0.4, -0.2) is 19.0 Å². The van der Waals surface area contributed by atoms with Crippen molar-refractivity contribution in [2.24, 2.45) is 0 Å². The predicted molar refractivity (Wildman–Crippen MR) is 60.7 cm³/mol. The van der Waals surface area contributed by atoms with Crippen molar-refractivity contribution in [3.63, 3.8) is 0 Å². The van der Waals surface area contributed by atoms with E-state index in [1.54, 1.807) is 6.26 Å². The van der Waals surface area contributed by atoms with Crippen LogP contribution in [0.1, 0.15) is 17.4 Å². The van der Waals surface area contributed by atoms with E-state index >= 15 is 0 Å². The van der Waals surface area contributed by atoms with Gasteiger partial charge < -0.3 is 4.42 Å². The van der Waals surface area contributed by atoms with Crippen LogP contribution in [0.5, 0.6) is 0 Å². The third-order valence-electron chi connectivity index (χ3n) is 2.44. The van der Waals surface area contributed by atoms with Crippen molar-refractivity contribution in [2.75, 3.05) is 14.1 Å². The first-order chi connectivity index (χ1) is 7.29. The Balaban J connectivity index is 2.37. The van der Waals surface area contributed by atoms with Gasteiger partial charge in [-0.3, -0.25) is 4.90 Å². The average molecular weight is 201 g/mol. The summed E-state index contributed by atoms with van der Waals surface area (Å²) in [5.74, 6) is 0.978. The van der Waals surface area contributed by atoms with E-state index in [1.807, 2.05) is 18.2 Å². The lowest BCUT2D eigenvalue weighted by atomic mass is 10.0. The number of hydrogen-bond acceptors (Lipinski definition) is 2. The molecule has 2 nitrogen and oxygen atoms in total. The molecule has 0 N–H and O–H groups in total. The van der Waals surface area contributed by atoms with E-state index in [2.05, 4.69) is 43.3 Å². The standard InChI is InChI=1S/C13H15NO/c1-14(2)13(12-9-6-10-15-12)11-7-4-3-5-8-11/h3-10,13H,1-2H3. The molecule has 0 bridgehead atoms. The molecule has 1 aromatic carbocycles. The van der Waals surface area contributed by atoms with Crippen LogP contribution >= 0.6 is 0 Å². The first-order valence-electron chi connectivity index (χ1n) is 5.04. The van der Waals surface area contributed by atoms with Crippen molar-refractivity contribution in [3.05, 3.63) is 60.1 Å². The third-order valence-corrected chi connectivity index (χ3v) is 2.44. The maximum atomic E-state index is 5.47. The summed E-state index contributed by atoms with van der Waals surface area (Å²) in [7, 11) is 4.11. The van der Waals surface area contributed by atoms with Gasteiger partial charge in [0.05, 0.1) is 12.3 Å². The summed E-state index contributed by atoms with van der Waals surface area (Å²) in [5.41, 5.74) is 1.25. The molecule has 15 heavy (non-hydrogen) atoms. The Bertz CT molecular complexity index is 392. The van der Waals surface area contributed by atoms with Crippen LogP contribution < -0.4 is 0 Å². The zero-order chi connectivity index (χ0) is 10.7. The van der Waals surface area contributed by atoms with E-state index in [0.717, 1.165) is 5.76 Å². The van der Waals surface area contributed by atoms with Gasteiger partial charge in [-0.25, -0.2) is 0 Å². The van der Waals surface area contributed by atoms with Crippen LogP contribution in [0.25, 0.3) is 0 Å². The van der Waals surface area contributed by atoms with Crippen LogP contribution in [0.15, 0.2) is 53.1 Å². The summed E-state index contributed by atoms with van der Waals surface area (Å²) in [6.45, 7) is 0. The Morgan fingerprint density at radius 3 is 2.27 bits per heavy atom. The van der Waals surface area contributed by atoms with Crippen molar-refractivity contribution < 1.29 is 4.42 Å². The lowest BCUT2D eigenvalue weighted by Gasteiger charge is -2.22. The molecule has 1 unspecified atom stereocenters. The number of rotatable bonds is 3. The molecule has 0 fully saturated rings. The van der Waals surface area contributed by atoms with E-state index in [4.69, 9.17) is 4.42 Å². The van der Waals surface area contributed by atoms with Gasteiger partial charge in [-0.2, -0.15) is 0 Å². The summed E-state index contributed by atoms with van der Waals surface area (Å²) in [5, 5.41) is 0. The van der Waals surface area contributed by atoms with Crippen LogP contribution in [0, 0.1) is 0 Å². The smallest absolute Gasteiger partial charge is 0.125 e. The van der Waals surface area contributed by atoms with Crippen LogP contribution in [-0.2, 0) is 0 Å². The number of hydrogen-bond donors (Lipinski definition) is 0. The van der Waals surface area contributed by atoms with Gasteiger partial charge in [-0.1, -0.05) is 30.3 Å². The van der Waals surface area contributed by atoms with Gasteiger partial charge >= 0.3 is 0 Å². The molecule has 2 rings (SSSR count). The average Bonchev–Trinajstić information content (AvgIpc) is 2.72. The minimum absolute atomic E-state index is 0.196. The van der Waals surface area contributed by atoms with Gasteiger partial charge in [0.1, 0.15) is 5.76 Å². The molecule has 1 heterocycles. The predicted octanol–water partition coefficient (Wildman–Crippen LogP) is 2.93. The van der Waals surface area contributed by atoms with Crippen molar-refractivity contribution in [1.29, 1.82) is 0 Å². The lowest BCUT2D eigenvalue weighted by Crippen LogP contribution is -2.20. The quantitative estimate of drug-likeness (QED) is 0.759. The zero-order valence-corrected chi connectivity index (χ0v) is 9.05. The lowest BCUT2D eigenvalue weighted by molar-refractivity contribution is 0.296. The summed E-state index contributed by atoms with van der Waals surface area (Å²) in [6, 6.07) is 14.5. The minimum Gasteiger partial charge on any atom is -0.467 e. The third kappa shape index (κ3) is 2.10. The Labute approximate surface area is 90.1 Å². The van der Waals surface area contributed by atoms with E-state index in [0.29, 0.717) is 0 Å². The molecule has 78 valence electrons. The minimum atomic E-state index is 0.196. The topological polar surface area (TPSA) is 16.4 Å². The Hall–Kier alpha value is -1.54. The largest absolute Gasteiger partial charge is 0.467 e. The molecule has 0 amide bonds. The Kier molecular flexibility index (Phi) is 2.88. The van der Waals surface area contributed by atoms with Gasteiger partial charge in [0.15, 0.2) is 0 Å². The molecular weight excluding hydrogens is 186 g/mol. The highest BCUT2D eigenvalue weighted by Crippen LogP contribution is 2.26. The highest BCUT2D eigenvalue weighted by atomic mass is 16.3. The zero-order valence-electron chi connectivity index (χ0n) is 9.05. The molecule has 0 aliphatic carbocycles. The van der Waals surface area contributed by atoms with Gasteiger partial charge in [-0.05, 0) is 31.8 Å². The molecule has 1 aromatic heterocycles. The number of benzene rings is 1. The molecule has 1 atom stereocenters. The van der Waals surface area contributed by atoms with E-state index < -0.39 is 0 Å². The fourth-order valence-electron chi connectivity index (χ4n) is 1.80. The monoisotopic (exact) mass is 201 g/mol. The molecule has 0 aliphatic heterocycles. The van der Waals surface area contributed by atoms with Gasteiger partial charge in [0.25, 0.3) is 0 Å². The molecule has 0 spiro atoms. The van der Waals surface area contributed by atoms with Gasteiger partial charge in [-0.15, -0.1) is 0 Å². The second kappa shape index (κ2) is 4.32. The molecule has 0 saturated heterocycles. The summed E-state index contributed by atoms with van der Waals surface area (Å²) in [4.78, 5) is 2.15. The molecule has 0 saturated carbocycles. The van der Waals surface area contributed by atoms with Crippen molar-refractivity contribution in [2.45, 2.75) is 6.04 Å². The van der Waals surface area contributed by atoms with E-state index in [1.165, 1.54) is 5.56 Å². The second-order valence-electron chi connectivity index (χ2n) is 3.79. The van der Waals surface area contributed by atoms with Gasteiger partial charge in [0, 0.05) is 0 Å². The fourth-order valence-corrected chi connectivity index (χ4v) is 1.80. The van der Waals surface area contributed by atoms with Crippen molar-refractivity contribution in [1.82, 2.24) is 4.90 Å². The summed E-state index contributed by atoms with van der Waals surface area (Å²) < 4.78 is 5.47. The van der Waals surface area contributed by atoms with Crippen molar-refractivity contribution >= 4 is 0 Å². The van der Waals surface area contributed by atoms with E-state index in [9.17, 15) is 0 Å². The molecule has 2 heteroatoms. The van der Waals surface area contributed by atoms with Crippen LogP contribution in [0.3, 0.4) is 0 Å². The molecule has 2 aromatic rings. The molecule has 0 aliphatic rings. The highest BCUT2D eigenvalue weighted by molar-refractivity contribution is 5.26. The fraction of sp³-hybridized carbons (Fsp3) is 0.231.